The number of ether oxygens (including phenoxy) is 2. The van der Waals surface area contributed by atoms with Gasteiger partial charge in [0.15, 0.2) is 0 Å². The normalized spacial score (nSPS) is 26.0. The molecule has 0 amide bonds. The van der Waals surface area contributed by atoms with Gasteiger partial charge in [-0.3, -0.25) is 0 Å². The van der Waals surface area contributed by atoms with Gasteiger partial charge in [-0.25, -0.2) is 0 Å². The van der Waals surface area contributed by atoms with Crippen LogP contribution in [-0.4, -0.2) is 32.4 Å². The van der Waals surface area contributed by atoms with Crippen LogP contribution in [0.25, 0.3) is 0 Å². The molecule has 3 nitrogen and oxygen atoms in total. The Morgan fingerprint density at radius 1 is 1.35 bits per heavy atom. The summed E-state index contributed by atoms with van der Waals surface area (Å²) in [7, 11) is 0. The van der Waals surface area contributed by atoms with Crippen molar-refractivity contribution >= 4 is 0 Å². The third kappa shape index (κ3) is 4.05. The molecule has 1 heterocycles. The zero-order chi connectivity index (χ0) is 14.3. The molecule has 1 aromatic carbocycles. The first-order chi connectivity index (χ1) is 9.77. The van der Waals surface area contributed by atoms with Crippen LogP contribution < -0.4 is 5.32 Å². The SMILES string of the molecule is CCCNCC1(COCc2ccccc2)CCOC1C. The van der Waals surface area contributed by atoms with Crippen LogP contribution in [-0.2, 0) is 16.1 Å². The molecule has 112 valence electrons. The standard InChI is InChI=1S/C17H27NO2/c1-3-10-18-13-17(9-11-20-15(17)2)14-19-12-16-7-5-4-6-8-16/h4-8,15,18H,3,9-14H2,1-2H3. The fraction of sp³-hybridized carbons (Fsp3) is 0.647. The van der Waals surface area contributed by atoms with Gasteiger partial charge in [0.2, 0.25) is 0 Å². The summed E-state index contributed by atoms with van der Waals surface area (Å²) in [6.07, 6.45) is 2.51. The molecule has 0 aromatic heterocycles. The topological polar surface area (TPSA) is 30.5 Å². The predicted octanol–water partition coefficient (Wildman–Crippen LogP) is 3.00. The third-order valence-corrected chi connectivity index (χ3v) is 4.24. The fourth-order valence-electron chi connectivity index (χ4n) is 2.75. The summed E-state index contributed by atoms with van der Waals surface area (Å²) in [5.41, 5.74) is 1.36. The van der Waals surface area contributed by atoms with Gasteiger partial charge in [-0.05, 0) is 31.9 Å². The minimum Gasteiger partial charge on any atom is -0.378 e. The lowest BCUT2D eigenvalue weighted by molar-refractivity contribution is -0.0120. The van der Waals surface area contributed by atoms with Crippen LogP contribution in [0.4, 0.5) is 0 Å². The largest absolute Gasteiger partial charge is 0.378 e. The predicted molar refractivity (Wildman–Crippen MR) is 81.7 cm³/mol. The minimum atomic E-state index is 0.129. The van der Waals surface area contributed by atoms with E-state index in [-0.39, 0.29) is 11.5 Å². The summed E-state index contributed by atoms with van der Waals surface area (Å²) in [6.45, 7) is 8.71. The van der Waals surface area contributed by atoms with Crippen molar-refractivity contribution in [3.63, 3.8) is 0 Å². The second-order valence-electron chi connectivity index (χ2n) is 5.78. The summed E-state index contributed by atoms with van der Waals surface area (Å²) in [4.78, 5) is 0. The average molecular weight is 277 g/mol. The molecule has 1 saturated heterocycles. The van der Waals surface area contributed by atoms with Gasteiger partial charge in [0.1, 0.15) is 0 Å². The van der Waals surface area contributed by atoms with E-state index in [2.05, 4.69) is 43.4 Å². The molecule has 1 aliphatic rings. The average Bonchev–Trinajstić information content (AvgIpc) is 2.82. The van der Waals surface area contributed by atoms with Crippen molar-refractivity contribution < 1.29 is 9.47 Å². The van der Waals surface area contributed by atoms with E-state index in [1.807, 2.05) is 6.07 Å². The van der Waals surface area contributed by atoms with Crippen LogP contribution in [0.15, 0.2) is 30.3 Å². The van der Waals surface area contributed by atoms with Gasteiger partial charge in [-0.15, -0.1) is 0 Å². The van der Waals surface area contributed by atoms with Gasteiger partial charge >= 0.3 is 0 Å². The number of nitrogens with one attached hydrogen (secondary N) is 1. The molecule has 0 saturated carbocycles. The molecule has 0 bridgehead atoms. The number of benzene rings is 1. The van der Waals surface area contributed by atoms with E-state index in [0.29, 0.717) is 6.61 Å². The molecule has 2 atom stereocenters. The van der Waals surface area contributed by atoms with Crippen molar-refractivity contribution in [2.75, 3.05) is 26.3 Å². The van der Waals surface area contributed by atoms with Gasteiger partial charge in [0.25, 0.3) is 0 Å². The summed E-state index contributed by atoms with van der Waals surface area (Å²) in [5, 5.41) is 3.54. The Kier molecular flexibility index (Phi) is 6.02. The molecule has 1 fully saturated rings. The quantitative estimate of drug-likeness (QED) is 0.741. The van der Waals surface area contributed by atoms with E-state index in [9.17, 15) is 0 Å². The van der Waals surface area contributed by atoms with Crippen LogP contribution in [0.3, 0.4) is 0 Å². The highest BCUT2D eigenvalue weighted by molar-refractivity contribution is 5.13. The van der Waals surface area contributed by atoms with Crippen LogP contribution in [0, 0.1) is 5.41 Å². The van der Waals surface area contributed by atoms with Crippen molar-refractivity contribution in [1.82, 2.24) is 5.32 Å². The molecule has 20 heavy (non-hydrogen) atoms. The highest BCUT2D eigenvalue weighted by atomic mass is 16.5. The highest BCUT2D eigenvalue weighted by Gasteiger charge is 2.41. The zero-order valence-corrected chi connectivity index (χ0v) is 12.7. The zero-order valence-electron chi connectivity index (χ0n) is 12.7. The summed E-state index contributed by atoms with van der Waals surface area (Å²) >= 11 is 0. The molecule has 1 aromatic rings. The second kappa shape index (κ2) is 7.77. The Morgan fingerprint density at radius 3 is 2.80 bits per heavy atom. The van der Waals surface area contributed by atoms with Crippen molar-refractivity contribution in [3.8, 4) is 0 Å². The first-order valence-electron chi connectivity index (χ1n) is 7.71. The van der Waals surface area contributed by atoms with Crippen molar-refractivity contribution in [2.45, 2.75) is 39.4 Å². The van der Waals surface area contributed by atoms with E-state index in [1.54, 1.807) is 0 Å². The van der Waals surface area contributed by atoms with E-state index >= 15 is 0 Å². The molecule has 2 unspecified atom stereocenters. The smallest absolute Gasteiger partial charge is 0.0717 e. The van der Waals surface area contributed by atoms with Gasteiger partial charge in [0, 0.05) is 18.6 Å². The monoisotopic (exact) mass is 277 g/mol. The Hall–Kier alpha value is -0.900. The second-order valence-corrected chi connectivity index (χ2v) is 5.78. The lowest BCUT2D eigenvalue weighted by atomic mass is 9.82. The minimum absolute atomic E-state index is 0.129. The summed E-state index contributed by atoms with van der Waals surface area (Å²) in [5.74, 6) is 0. The maximum atomic E-state index is 5.99. The van der Waals surface area contributed by atoms with E-state index in [4.69, 9.17) is 9.47 Å². The first kappa shape index (κ1) is 15.5. The van der Waals surface area contributed by atoms with Crippen molar-refractivity contribution in [1.29, 1.82) is 0 Å². The number of rotatable bonds is 8. The van der Waals surface area contributed by atoms with E-state index in [1.165, 1.54) is 5.56 Å². The Bertz CT molecular complexity index is 382. The van der Waals surface area contributed by atoms with Crippen LogP contribution in [0.2, 0.25) is 0 Å². The third-order valence-electron chi connectivity index (χ3n) is 4.24. The lowest BCUT2D eigenvalue weighted by Gasteiger charge is -2.32. The molecule has 0 aliphatic carbocycles. The Morgan fingerprint density at radius 2 is 2.15 bits per heavy atom. The molecule has 3 heteroatoms. The Balaban J connectivity index is 1.84. The van der Waals surface area contributed by atoms with Crippen LogP contribution >= 0.6 is 0 Å². The Labute approximate surface area is 122 Å². The van der Waals surface area contributed by atoms with Crippen molar-refractivity contribution in [2.24, 2.45) is 5.41 Å². The van der Waals surface area contributed by atoms with E-state index < -0.39 is 0 Å². The van der Waals surface area contributed by atoms with Crippen molar-refractivity contribution in [3.05, 3.63) is 35.9 Å². The van der Waals surface area contributed by atoms with Gasteiger partial charge in [-0.2, -0.15) is 0 Å². The molecule has 0 spiro atoms. The molecule has 2 rings (SSSR count). The van der Waals surface area contributed by atoms with Crippen LogP contribution in [0.5, 0.6) is 0 Å². The summed E-state index contributed by atoms with van der Waals surface area (Å²) < 4.78 is 11.8. The molecular weight excluding hydrogens is 250 g/mol. The maximum absolute atomic E-state index is 5.99. The highest BCUT2D eigenvalue weighted by Crippen LogP contribution is 2.35. The maximum Gasteiger partial charge on any atom is 0.0717 e. The summed E-state index contributed by atoms with van der Waals surface area (Å²) in [6, 6.07) is 10.4. The number of hydrogen-bond donors (Lipinski definition) is 1. The van der Waals surface area contributed by atoms with Crippen LogP contribution in [0.1, 0.15) is 32.3 Å². The first-order valence-corrected chi connectivity index (χ1v) is 7.71. The van der Waals surface area contributed by atoms with E-state index in [0.717, 1.165) is 39.1 Å². The molecular formula is C17H27NO2. The molecule has 1 aliphatic heterocycles. The molecule has 1 N–H and O–H groups in total. The molecule has 0 radical (unpaired) electrons. The fourth-order valence-corrected chi connectivity index (χ4v) is 2.75. The van der Waals surface area contributed by atoms with Gasteiger partial charge in [-0.1, -0.05) is 37.3 Å². The van der Waals surface area contributed by atoms with Gasteiger partial charge in [0.05, 0.1) is 19.3 Å². The van der Waals surface area contributed by atoms with Gasteiger partial charge < -0.3 is 14.8 Å². The lowest BCUT2D eigenvalue weighted by Crippen LogP contribution is -2.43. The number of hydrogen-bond acceptors (Lipinski definition) is 3.